The second-order valence-corrected chi connectivity index (χ2v) is 8.38. The van der Waals surface area contributed by atoms with Crippen LogP contribution in [0.4, 0.5) is 0 Å². The Hall–Kier alpha value is -1.56. The average Bonchev–Trinajstić information content (AvgIpc) is 2.73. The van der Waals surface area contributed by atoms with E-state index in [1.165, 1.54) is 88.2 Å². The van der Waals surface area contributed by atoms with Crippen LogP contribution in [0.25, 0.3) is 11.1 Å². The summed E-state index contributed by atoms with van der Waals surface area (Å²) < 4.78 is 0. The SMILES string of the molecule is CCCCc1ccc(-c2ccc(CCCC)c(CCCC)c2)cc1CCCC. The van der Waals surface area contributed by atoms with Crippen molar-refractivity contribution in [2.24, 2.45) is 0 Å². The first-order valence-electron chi connectivity index (χ1n) is 12.0. The standard InChI is InChI=1S/C28H42/c1-5-9-13-23-17-19-27(21-25(23)15-11-7-3)28-20-18-24(14-10-6-2)26(22-28)16-12-8-4/h17-22H,5-16H2,1-4H3. The number of benzene rings is 2. The van der Waals surface area contributed by atoms with Crippen molar-refractivity contribution in [3.63, 3.8) is 0 Å². The molecule has 0 radical (unpaired) electrons. The second-order valence-electron chi connectivity index (χ2n) is 8.38. The van der Waals surface area contributed by atoms with Crippen LogP contribution in [-0.4, -0.2) is 0 Å². The Kier molecular flexibility index (Phi) is 10.4. The van der Waals surface area contributed by atoms with E-state index in [9.17, 15) is 0 Å². The van der Waals surface area contributed by atoms with E-state index in [-0.39, 0.29) is 0 Å². The molecule has 0 atom stereocenters. The molecule has 0 fully saturated rings. The van der Waals surface area contributed by atoms with Gasteiger partial charge in [-0.3, -0.25) is 0 Å². The van der Waals surface area contributed by atoms with E-state index < -0.39 is 0 Å². The molecule has 0 heterocycles. The minimum Gasteiger partial charge on any atom is -0.0654 e. The molecule has 0 saturated carbocycles. The summed E-state index contributed by atoms with van der Waals surface area (Å²) in [6, 6.07) is 14.5. The van der Waals surface area contributed by atoms with Gasteiger partial charge in [-0.1, -0.05) is 89.8 Å². The Bertz CT molecular complexity index is 634. The average molecular weight is 379 g/mol. The predicted molar refractivity (Wildman–Crippen MR) is 126 cm³/mol. The van der Waals surface area contributed by atoms with Crippen molar-refractivity contribution in [3.8, 4) is 11.1 Å². The number of aryl methyl sites for hydroxylation is 4. The fourth-order valence-corrected chi connectivity index (χ4v) is 4.03. The highest BCUT2D eigenvalue weighted by Crippen LogP contribution is 2.28. The molecule has 0 bridgehead atoms. The molecule has 0 aliphatic rings. The largest absolute Gasteiger partial charge is 0.0654 e. The van der Waals surface area contributed by atoms with Gasteiger partial charge in [-0.15, -0.1) is 0 Å². The number of hydrogen-bond acceptors (Lipinski definition) is 0. The smallest absolute Gasteiger partial charge is 0.0181 e. The predicted octanol–water partition coefficient (Wildman–Crippen LogP) is 8.72. The molecule has 0 nitrogen and oxygen atoms in total. The minimum absolute atomic E-state index is 1.22. The van der Waals surface area contributed by atoms with Gasteiger partial charge >= 0.3 is 0 Å². The fourth-order valence-electron chi connectivity index (χ4n) is 4.03. The van der Waals surface area contributed by atoms with Crippen molar-refractivity contribution < 1.29 is 0 Å². The van der Waals surface area contributed by atoms with Gasteiger partial charge in [-0.05, 0) is 84.7 Å². The lowest BCUT2D eigenvalue weighted by Gasteiger charge is -2.15. The Labute approximate surface area is 174 Å². The van der Waals surface area contributed by atoms with Crippen molar-refractivity contribution in [3.05, 3.63) is 58.7 Å². The van der Waals surface area contributed by atoms with Gasteiger partial charge in [0.2, 0.25) is 0 Å². The van der Waals surface area contributed by atoms with Crippen LogP contribution in [0.3, 0.4) is 0 Å². The van der Waals surface area contributed by atoms with E-state index >= 15 is 0 Å². The lowest BCUT2D eigenvalue weighted by molar-refractivity contribution is 0.757. The topological polar surface area (TPSA) is 0 Å². The van der Waals surface area contributed by atoms with E-state index in [1.54, 1.807) is 22.3 Å². The zero-order chi connectivity index (χ0) is 20.2. The van der Waals surface area contributed by atoms with Crippen molar-refractivity contribution in [2.45, 2.75) is 105 Å². The van der Waals surface area contributed by atoms with Crippen molar-refractivity contribution in [1.82, 2.24) is 0 Å². The molecule has 2 aromatic rings. The molecule has 0 aliphatic carbocycles. The molecule has 0 unspecified atom stereocenters. The van der Waals surface area contributed by atoms with Crippen LogP contribution >= 0.6 is 0 Å². The van der Waals surface area contributed by atoms with Crippen LogP contribution in [0.5, 0.6) is 0 Å². The summed E-state index contributed by atoms with van der Waals surface area (Å²) in [4.78, 5) is 0. The number of unbranched alkanes of at least 4 members (excludes halogenated alkanes) is 4. The van der Waals surface area contributed by atoms with Crippen molar-refractivity contribution in [2.75, 3.05) is 0 Å². The molecule has 0 aliphatic heterocycles. The van der Waals surface area contributed by atoms with Crippen LogP contribution in [0, 0.1) is 0 Å². The maximum Gasteiger partial charge on any atom is -0.0181 e. The maximum atomic E-state index is 2.49. The van der Waals surface area contributed by atoms with Gasteiger partial charge in [0.1, 0.15) is 0 Å². The molecular formula is C28H42. The molecular weight excluding hydrogens is 336 g/mol. The van der Waals surface area contributed by atoms with E-state index in [4.69, 9.17) is 0 Å². The van der Waals surface area contributed by atoms with Crippen LogP contribution < -0.4 is 0 Å². The zero-order valence-electron chi connectivity index (χ0n) is 18.9. The van der Waals surface area contributed by atoms with E-state index in [1.807, 2.05) is 0 Å². The highest BCUT2D eigenvalue weighted by Gasteiger charge is 2.09. The quantitative estimate of drug-likeness (QED) is 0.327. The first-order valence-corrected chi connectivity index (χ1v) is 12.0. The van der Waals surface area contributed by atoms with E-state index in [2.05, 4.69) is 64.1 Å². The van der Waals surface area contributed by atoms with Gasteiger partial charge in [0.15, 0.2) is 0 Å². The third-order valence-electron chi connectivity index (χ3n) is 5.94. The molecule has 0 saturated heterocycles. The first-order chi connectivity index (χ1) is 13.7. The molecule has 154 valence electrons. The van der Waals surface area contributed by atoms with Gasteiger partial charge in [-0.25, -0.2) is 0 Å². The molecule has 2 aromatic carbocycles. The van der Waals surface area contributed by atoms with Crippen LogP contribution in [0.15, 0.2) is 36.4 Å². The minimum atomic E-state index is 1.22. The highest BCUT2D eigenvalue weighted by molar-refractivity contribution is 5.66. The summed E-state index contributed by atoms with van der Waals surface area (Å²) in [6.07, 6.45) is 15.2. The van der Waals surface area contributed by atoms with E-state index in [0.29, 0.717) is 0 Å². The lowest BCUT2D eigenvalue weighted by atomic mass is 9.90. The maximum absolute atomic E-state index is 2.49. The van der Waals surface area contributed by atoms with Crippen molar-refractivity contribution >= 4 is 0 Å². The van der Waals surface area contributed by atoms with Gasteiger partial charge in [0, 0.05) is 0 Å². The highest BCUT2D eigenvalue weighted by atomic mass is 14.1. The van der Waals surface area contributed by atoms with Crippen LogP contribution in [-0.2, 0) is 25.7 Å². The Morgan fingerprint density at radius 1 is 0.429 bits per heavy atom. The Morgan fingerprint density at radius 2 is 0.750 bits per heavy atom. The summed E-state index contributed by atoms with van der Waals surface area (Å²) in [5, 5.41) is 0. The molecule has 0 aromatic heterocycles. The number of hydrogen-bond donors (Lipinski definition) is 0. The van der Waals surface area contributed by atoms with Gasteiger partial charge in [0.05, 0.1) is 0 Å². The number of rotatable bonds is 13. The van der Waals surface area contributed by atoms with Crippen LogP contribution in [0.2, 0.25) is 0 Å². The van der Waals surface area contributed by atoms with Gasteiger partial charge in [-0.2, -0.15) is 0 Å². The molecule has 0 heteroatoms. The summed E-state index contributed by atoms with van der Waals surface area (Å²) in [7, 11) is 0. The Balaban J connectivity index is 2.33. The summed E-state index contributed by atoms with van der Waals surface area (Å²) >= 11 is 0. The zero-order valence-corrected chi connectivity index (χ0v) is 18.9. The second kappa shape index (κ2) is 12.8. The third kappa shape index (κ3) is 6.80. The molecule has 0 spiro atoms. The molecule has 0 amide bonds. The molecule has 2 rings (SSSR count). The Morgan fingerprint density at radius 3 is 1.07 bits per heavy atom. The van der Waals surface area contributed by atoms with E-state index in [0.717, 1.165) is 0 Å². The van der Waals surface area contributed by atoms with Gasteiger partial charge in [0.25, 0.3) is 0 Å². The third-order valence-corrected chi connectivity index (χ3v) is 5.94. The first kappa shape index (κ1) is 22.7. The van der Waals surface area contributed by atoms with Crippen molar-refractivity contribution in [1.29, 1.82) is 0 Å². The van der Waals surface area contributed by atoms with Crippen LogP contribution in [0.1, 0.15) is 101 Å². The molecule has 0 N–H and O–H groups in total. The summed E-state index contributed by atoms with van der Waals surface area (Å²) in [5.41, 5.74) is 9.13. The van der Waals surface area contributed by atoms with Gasteiger partial charge < -0.3 is 0 Å². The lowest BCUT2D eigenvalue weighted by Crippen LogP contribution is -1.98. The molecule has 28 heavy (non-hydrogen) atoms. The summed E-state index contributed by atoms with van der Waals surface area (Å²) in [6.45, 7) is 9.17. The fraction of sp³-hybridized carbons (Fsp3) is 0.571. The normalized spacial score (nSPS) is 11.1. The summed E-state index contributed by atoms with van der Waals surface area (Å²) in [5.74, 6) is 0. The monoisotopic (exact) mass is 378 g/mol.